The molecule has 0 bridgehead atoms. The van der Waals surface area contributed by atoms with Crippen LogP contribution in [0.1, 0.15) is 20.3 Å². The van der Waals surface area contributed by atoms with Crippen LogP contribution >= 0.6 is 0 Å². The SMILES string of the molecule is C=C1C[CH-]C(C)(C)CO1.[Y].[Y]. The fraction of sp³-hybridized carbons (Fsp3) is 0.625. The number of allylic oxidation sites excluding steroid dienone is 1. The summed E-state index contributed by atoms with van der Waals surface area (Å²) < 4.78 is 5.27. The summed E-state index contributed by atoms with van der Waals surface area (Å²) in [6.45, 7) is 8.84. The van der Waals surface area contributed by atoms with Crippen LogP contribution in [0.3, 0.4) is 0 Å². The second-order valence-corrected chi connectivity index (χ2v) is 3.22. The van der Waals surface area contributed by atoms with Gasteiger partial charge in [0.15, 0.2) is 0 Å². The van der Waals surface area contributed by atoms with E-state index in [0.717, 1.165) is 18.8 Å². The van der Waals surface area contributed by atoms with E-state index in [1.807, 2.05) is 0 Å². The molecule has 1 fully saturated rings. The first-order chi connectivity index (χ1) is 4.10. The molecule has 1 nitrogen and oxygen atoms in total. The monoisotopic (exact) mass is 303 g/mol. The normalized spacial score (nSPS) is 20.7. The number of rotatable bonds is 0. The molecule has 0 aromatic carbocycles. The maximum atomic E-state index is 5.27. The molecule has 1 rings (SSSR count). The Bertz CT molecular complexity index is 120. The third-order valence-electron chi connectivity index (χ3n) is 1.53. The molecule has 0 aromatic heterocycles. The van der Waals surface area contributed by atoms with Crippen molar-refractivity contribution in [1.82, 2.24) is 0 Å². The summed E-state index contributed by atoms with van der Waals surface area (Å²) >= 11 is 0. The Labute approximate surface area is 119 Å². The van der Waals surface area contributed by atoms with Gasteiger partial charge in [0.25, 0.3) is 0 Å². The van der Waals surface area contributed by atoms with Crippen molar-refractivity contribution in [2.75, 3.05) is 6.61 Å². The Morgan fingerprint density at radius 1 is 1.45 bits per heavy atom. The fourth-order valence-electron chi connectivity index (χ4n) is 0.796. The van der Waals surface area contributed by atoms with Crippen molar-refractivity contribution in [2.45, 2.75) is 20.3 Å². The Morgan fingerprint density at radius 3 is 2.27 bits per heavy atom. The van der Waals surface area contributed by atoms with Crippen molar-refractivity contribution < 1.29 is 70.2 Å². The van der Waals surface area contributed by atoms with Crippen molar-refractivity contribution >= 4 is 0 Å². The molecule has 58 valence electrons. The summed E-state index contributed by atoms with van der Waals surface area (Å²) in [4.78, 5) is 0. The van der Waals surface area contributed by atoms with Crippen LogP contribution in [0.25, 0.3) is 0 Å². The quantitative estimate of drug-likeness (QED) is 0.623. The molecular weight excluding hydrogens is 290 g/mol. The minimum Gasteiger partial charge on any atom is -0.503 e. The van der Waals surface area contributed by atoms with Crippen LogP contribution < -0.4 is 0 Å². The van der Waals surface area contributed by atoms with Gasteiger partial charge in [-0.15, -0.1) is 11.8 Å². The van der Waals surface area contributed by atoms with E-state index in [2.05, 4.69) is 26.8 Å². The molecule has 3 heteroatoms. The Morgan fingerprint density at radius 2 is 2.00 bits per heavy atom. The van der Waals surface area contributed by atoms with E-state index < -0.39 is 0 Å². The first kappa shape index (κ1) is 15.2. The van der Waals surface area contributed by atoms with Crippen LogP contribution in [0.4, 0.5) is 0 Å². The van der Waals surface area contributed by atoms with Crippen molar-refractivity contribution in [1.29, 1.82) is 0 Å². The predicted molar refractivity (Wildman–Crippen MR) is 37.8 cm³/mol. The second kappa shape index (κ2) is 6.24. The van der Waals surface area contributed by atoms with Gasteiger partial charge in [0.05, 0.1) is 12.4 Å². The second-order valence-electron chi connectivity index (χ2n) is 3.22. The average molecular weight is 303 g/mol. The zero-order valence-corrected chi connectivity index (χ0v) is 12.9. The van der Waals surface area contributed by atoms with Gasteiger partial charge in [-0.2, -0.15) is 0 Å². The minimum absolute atomic E-state index is 0. The van der Waals surface area contributed by atoms with Crippen LogP contribution in [0.15, 0.2) is 12.3 Å². The van der Waals surface area contributed by atoms with E-state index in [-0.39, 0.29) is 70.8 Å². The third kappa shape index (κ3) is 5.91. The molecule has 0 unspecified atom stereocenters. The molecule has 1 aliphatic rings. The van der Waals surface area contributed by atoms with Crippen molar-refractivity contribution in [3.8, 4) is 0 Å². The summed E-state index contributed by atoms with van der Waals surface area (Å²) in [6, 6.07) is 0. The van der Waals surface area contributed by atoms with E-state index >= 15 is 0 Å². The summed E-state index contributed by atoms with van der Waals surface area (Å²) in [5.41, 5.74) is 0.251. The van der Waals surface area contributed by atoms with Crippen molar-refractivity contribution in [3.05, 3.63) is 18.8 Å². The van der Waals surface area contributed by atoms with E-state index in [1.165, 1.54) is 0 Å². The molecule has 0 N–H and O–H groups in total. The first-order valence-corrected chi connectivity index (χ1v) is 3.25. The first-order valence-electron chi connectivity index (χ1n) is 3.25. The van der Waals surface area contributed by atoms with Crippen molar-refractivity contribution in [2.24, 2.45) is 5.41 Å². The van der Waals surface area contributed by atoms with Crippen LogP contribution in [0.2, 0.25) is 0 Å². The number of ether oxygens (including phenoxy) is 1. The smallest absolute Gasteiger partial charge is 0.0656 e. The van der Waals surface area contributed by atoms with Crippen LogP contribution in [-0.4, -0.2) is 6.61 Å². The van der Waals surface area contributed by atoms with Crippen LogP contribution in [0, 0.1) is 11.8 Å². The van der Waals surface area contributed by atoms with Gasteiger partial charge in [-0.05, 0) is 0 Å². The van der Waals surface area contributed by atoms with Gasteiger partial charge in [-0.3, -0.25) is 0 Å². The molecule has 0 amide bonds. The fourth-order valence-corrected chi connectivity index (χ4v) is 0.796. The molecule has 0 atom stereocenters. The molecule has 1 saturated heterocycles. The number of hydrogen-bond acceptors (Lipinski definition) is 1. The molecule has 0 aliphatic carbocycles. The van der Waals surface area contributed by atoms with Gasteiger partial charge < -0.3 is 11.2 Å². The summed E-state index contributed by atoms with van der Waals surface area (Å²) in [7, 11) is 0. The maximum Gasteiger partial charge on any atom is 0.0656 e. The molecule has 0 aromatic rings. The molecule has 2 radical (unpaired) electrons. The van der Waals surface area contributed by atoms with E-state index in [9.17, 15) is 0 Å². The Balaban J connectivity index is 0. The van der Waals surface area contributed by atoms with Gasteiger partial charge in [-0.1, -0.05) is 20.4 Å². The predicted octanol–water partition coefficient (Wildman–Crippen LogP) is 2.15. The third-order valence-corrected chi connectivity index (χ3v) is 1.53. The molecule has 1 heterocycles. The van der Waals surface area contributed by atoms with Gasteiger partial charge in [-0.25, -0.2) is 0 Å². The van der Waals surface area contributed by atoms with Gasteiger partial charge in [0, 0.05) is 65.4 Å². The van der Waals surface area contributed by atoms with E-state index in [0.29, 0.717) is 0 Å². The summed E-state index contributed by atoms with van der Waals surface area (Å²) in [5, 5.41) is 0. The van der Waals surface area contributed by atoms with E-state index in [1.54, 1.807) is 0 Å². The van der Waals surface area contributed by atoms with E-state index in [4.69, 9.17) is 4.74 Å². The van der Waals surface area contributed by atoms with Crippen LogP contribution in [0.5, 0.6) is 0 Å². The zero-order valence-electron chi connectivity index (χ0n) is 7.26. The minimum atomic E-state index is 0. The molecule has 11 heavy (non-hydrogen) atoms. The molecule has 0 spiro atoms. The summed E-state index contributed by atoms with van der Waals surface area (Å²) in [5.74, 6) is 0.898. The topological polar surface area (TPSA) is 9.23 Å². The van der Waals surface area contributed by atoms with Gasteiger partial charge in [0.1, 0.15) is 0 Å². The largest absolute Gasteiger partial charge is 0.503 e. The number of hydrogen-bond donors (Lipinski definition) is 0. The molecular formula is C8H13OY2-. The Hall–Kier alpha value is 1.75. The Kier molecular flexibility index (Phi) is 8.64. The van der Waals surface area contributed by atoms with Gasteiger partial charge in [0.2, 0.25) is 0 Å². The van der Waals surface area contributed by atoms with Crippen LogP contribution in [-0.2, 0) is 70.2 Å². The average Bonchev–Trinajstić information content (AvgIpc) is 1.78. The molecule has 0 saturated carbocycles. The maximum absolute atomic E-state index is 5.27. The zero-order chi connectivity index (χ0) is 6.91. The molecule has 1 aliphatic heterocycles. The standard InChI is InChI=1S/C8H13O.2Y/c1-7-4-5-8(2,3)6-9-7;;/h5H,1,4,6H2,2-3H3;;/q-1;;. The van der Waals surface area contributed by atoms with Gasteiger partial charge >= 0.3 is 0 Å². The summed E-state index contributed by atoms with van der Waals surface area (Å²) in [6.07, 6.45) is 3.16. The van der Waals surface area contributed by atoms with Crippen molar-refractivity contribution in [3.63, 3.8) is 0 Å².